The van der Waals surface area contributed by atoms with Gasteiger partial charge >= 0.3 is 0 Å². The molecule has 15 heavy (non-hydrogen) atoms. The summed E-state index contributed by atoms with van der Waals surface area (Å²) >= 11 is 0. The van der Waals surface area contributed by atoms with Gasteiger partial charge in [0.1, 0.15) is 5.82 Å². The lowest BCUT2D eigenvalue weighted by molar-refractivity contribution is 0.161. The number of aromatic amines is 1. The molecule has 0 radical (unpaired) electrons. The first-order valence-corrected chi connectivity index (χ1v) is 5.04. The van der Waals surface area contributed by atoms with Gasteiger partial charge in [0, 0.05) is 12.6 Å². The van der Waals surface area contributed by atoms with Gasteiger partial charge < -0.3 is 15.4 Å². The van der Waals surface area contributed by atoms with Crippen LogP contribution in [0.1, 0.15) is 20.3 Å². The molecule has 1 heterocycles. The maximum absolute atomic E-state index is 10.9. The fourth-order valence-electron chi connectivity index (χ4n) is 1.32. The van der Waals surface area contributed by atoms with Crippen molar-refractivity contribution in [3.8, 4) is 0 Å². The van der Waals surface area contributed by atoms with Gasteiger partial charge in [0.05, 0.1) is 12.4 Å². The molecule has 0 spiro atoms. The summed E-state index contributed by atoms with van der Waals surface area (Å²) in [4.78, 5) is 17.2. The number of aliphatic hydroxyl groups excluding tert-OH is 1. The first kappa shape index (κ1) is 11.7. The number of anilines is 1. The molecule has 3 N–H and O–H groups in total. The average Bonchev–Trinajstić information content (AvgIpc) is 2.14. The number of nitrogens with one attached hydrogen (secondary N) is 2. The average molecular weight is 211 g/mol. The lowest BCUT2D eigenvalue weighted by atomic mass is 10.1. The Balaban J connectivity index is 2.40. The number of hydrogen-bond donors (Lipinski definition) is 3. The van der Waals surface area contributed by atoms with Crippen LogP contribution < -0.4 is 10.9 Å². The van der Waals surface area contributed by atoms with Crippen molar-refractivity contribution in [2.75, 3.05) is 11.9 Å². The molecule has 84 valence electrons. The van der Waals surface area contributed by atoms with E-state index in [1.165, 1.54) is 12.4 Å². The predicted octanol–water partition coefficient (Wildman–Crippen LogP) is 0.589. The minimum atomic E-state index is -0.411. The van der Waals surface area contributed by atoms with Gasteiger partial charge in [0.2, 0.25) is 0 Å². The lowest BCUT2D eigenvalue weighted by Gasteiger charge is -2.13. The van der Waals surface area contributed by atoms with E-state index in [-0.39, 0.29) is 5.56 Å². The molecular formula is C10H17N3O2. The number of aromatic nitrogens is 2. The third-order valence-corrected chi connectivity index (χ3v) is 1.94. The van der Waals surface area contributed by atoms with Crippen molar-refractivity contribution in [3.63, 3.8) is 0 Å². The van der Waals surface area contributed by atoms with Crippen molar-refractivity contribution in [1.29, 1.82) is 0 Å². The van der Waals surface area contributed by atoms with Gasteiger partial charge in [-0.05, 0) is 12.3 Å². The van der Waals surface area contributed by atoms with Crippen molar-refractivity contribution >= 4 is 5.82 Å². The topological polar surface area (TPSA) is 78.0 Å². The molecule has 1 aromatic heterocycles. The molecule has 0 bridgehead atoms. The molecule has 0 fully saturated rings. The Kier molecular flexibility index (Phi) is 4.30. The Bertz CT molecular complexity index is 349. The zero-order valence-electron chi connectivity index (χ0n) is 9.03. The van der Waals surface area contributed by atoms with Crippen LogP contribution in [0.15, 0.2) is 17.2 Å². The Labute approximate surface area is 88.6 Å². The van der Waals surface area contributed by atoms with Crippen LogP contribution in [-0.2, 0) is 0 Å². The van der Waals surface area contributed by atoms with Gasteiger partial charge in [-0.2, -0.15) is 0 Å². The van der Waals surface area contributed by atoms with Crippen molar-refractivity contribution < 1.29 is 5.11 Å². The minimum absolute atomic E-state index is 0.203. The second kappa shape index (κ2) is 5.50. The van der Waals surface area contributed by atoms with Gasteiger partial charge in [-0.3, -0.25) is 4.79 Å². The summed E-state index contributed by atoms with van der Waals surface area (Å²) in [5, 5.41) is 12.5. The predicted molar refractivity (Wildman–Crippen MR) is 58.8 cm³/mol. The molecule has 0 saturated heterocycles. The van der Waals surface area contributed by atoms with Crippen LogP contribution >= 0.6 is 0 Å². The summed E-state index contributed by atoms with van der Waals surface area (Å²) in [5.74, 6) is 0.940. The fraction of sp³-hybridized carbons (Fsp3) is 0.600. The summed E-state index contributed by atoms with van der Waals surface area (Å²) in [6.07, 6.45) is 1.65. The second-order valence-corrected chi connectivity index (χ2v) is 3.96. The van der Waals surface area contributed by atoms with Crippen molar-refractivity contribution in [3.05, 3.63) is 22.7 Å². The highest BCUT2D eigenvalue weighted by Gasteiger charge is 2.06. The molecule has 1 rings (SSSR count). The highest BCUT2D eigenvalue weighted by molar-refractivity contribution is 5.31. The van der Waals surface area contributed by atoms with E-state index in [4.69, 9.17) is 0 Å². The van der Waals surface area contributed by atoms with Gasteiger partial charge in [0.25, 0.3) is 5.56 Å². The third-order valence-electron chi connectivity index (χ3n) is 1.94. The molecule has 0 saturated carbocycles. The lowest BCUT2D eigenvalue weighted by Crippen LogP contribution is -2.22. The Hall–Kier alpha value is -1.36. The van der Waals surface area contributed by atoms with Gasteiger partial charge in [-0.15, -0.1) is 0 Å². The standard InChI is InChI=1S/C10H17N3O2/c1-7(2)3-8(14)5-11-9-4-10(15)13-6-12-9/h4,6-8,14H,3,5H2,1-2H3,(H2,11,12,13,15). The molecule has 1 unspecified atom stereocenters. The molecule has 0 aromatic carbocycles. The fourth-order valence-corrected chi connectivity index (χ4v) is 1.32. The molecule has 0 aliphatic heterocycles. The third kappa shape index (κ3) is 4.60. The number of H-pyrrole nitrogens is 1. The van der Waals surface area contributed by atoms with Crippen LogP contribution in [0, 0.1) is 5.92 Å². The summed E-state index contributed by atoms with van der Waals surface area (Å²) in [7, 11) is 0. The minimum Gasteiger partial charge on any atom is -0.391 e. The van der Waals surface area contributed by atoms with Crippen LogP contribution in [0.3, 0.4) is 0 Å². The molecule has 0 aliphatic rings. The maximum atomic E-state index is 10.9. The Morgan fingerprint density at radius 1 is 1.60 bits per heavy atom. The molecule has 0 aliphatic carbocycles. The maximum Gasteiger partial charge on any atom is 0.252 e. The molecule has 1 aromatic rings. The number of aliphatic hydroxyl groups is 1. The molecule has 5 heteroatoms. The zero-order valence-corrected chi connectivity index (χ0v) is 9.03. The van der Waals surface area contributed by atoms with E-state index in [2.05, 4.69) is 29.1 Å². The first-order valence-electron chi connectivity index (χ1n) is 5.04. The first-order chi connectivity index (χ1) is 7.08. The van der Waals surface area contributed by atoms with Crippen LogP contribution in [-0.4, -0.2) is 27.7 Å². The van der Waals surface area contributed by atoms with Crippen molar-refractivity contribution in [2.45, 2.75) is 26.4 Å². The van der Waals surface area contributed by atoms with Gasteiger partial charge in [-0.1, -0.05) is 13.8 Å². The van der Waals surface area contributed by atoms with E-state index in [1.54, 1.807) is 0 Å². The van der Waals surface area contributed by atoms with Crippen molar-refractivity contribution in [2.24, 2.45) is 5.92 Å². The summed E-state index contributed by atoms with van der Waals surface area (Å²) < 4.78 is 0. The van der Waals surface area contributed by atoms with Crippen LogP contribution in [0.2, 0.25) is 0 Å². The zero-order chi connectivity index (χ0) is 11.3. The van der Waals surface area contributed by atoms with Crippen LogP contribution in [0.25, 0.3) is 0 Å². The van der Waals surface area contributed by atoms with E-state index < -0.39 is 6.10 Å². The number of hydrogen-bond acceptors (Lipinski definition) is 4. The van der Waals surface area contributed by atoms with Crippen molar-refractivity contribution in [1.82, 2.24) is 9.97 Å². The van der Waals surface area contributed by atoms with E-state index in [9.17, 15) is 9.90 Å². The highest BCUT2D eigenvalue weighted by atomic mass is 16.3. The molecule has 5 nitrogen and oxygen atoms in total. The summed E-state index contributed by atoms with van der Waals surface area (Å²) in [6, 6.07) is 1.36. The SMILES string of the molecule is CC(C)CC(O)CNc1cc(=O)[nH]cn1. The number of nitrogens with zero attached hydrogens (tertiary/aromatic N) is 1. The summed E-state index contributed by atoms with van der Waals surface area (Å²) in [5.41, 5.74) is -0.203. The smallest absolute Gasteiger partial charge is 0.252 e. The Morgan fingerprint density at radius 3 is 2.93 bits per heavy atom. The van der Waals surface area contributed by atoms with E-state index in [1.807, 2.05) is 0 Å². The molecule has 0 amide bonds. The van der Waals surface area contributed by atoms with Crippen LogP contribution in [0.4, 0.5) is 5.82 Å². The van der Waals surface area contributed by atoms with Gasteiger partial charge in [0.15, 0.2) is 0 Å². The molecular weight excluding hydrogens is 194 g/mol. The highest BCUT2D eigenvalue weighted by Crippen LogP contribution is 2.05. The second-order valence-electron chi connectivity index (χ2n) is 3.96. The van der Waals surface area contributed by atoms with E-state index in [0.717, 1.165) is 6.42 Å². The summed E-state index contributed by atoms with van der Waals surface area (Å²) in [6.45, 7) is 4.51. The Morgan fingerprint density at radius 2 is 2.33 bits per heavy atom. The number of rotatable bonds is 5. The monoisotopic (exact) mass is 211 g/mol. The quantitative estimate of drug-likeness (QED) is 0.666. The van der Waals surface area contributed by atoms with E-state index >= 15 is 0 Å². The normalized spacial score (nSPS) is 12.8. The van der Waals surface area contributed by atoms with Crippen LogP contribution in [0.5, 0.6) is 0 Å². The van der Waals surface area contributed by atoms with E-state index in [0.29, 0.717) is 18.3 Å². The largest absolute Gasteiger partial charge is 0.391 e. The molecule has 1 atom stereocenters. The van der Waals surface area contributed by atoms with Gasteiger partial charge in [-0.25, -0.2) is 4.98 Å².